The van der Waals surface area contributed by atoms with Crippen molar-refractivity contribution in [3.8, 4) is 0 Å². The van der Waals surface area contributed by atoms with Crippen molar-refractivity contribution in [2.45, 2.75) is 45.6 Å². The van der Waals surface area contributed by atoms with Crippen molar-refractivity contribution < 1.29 is 4.79 Å². The first-order chi connectivity index (χ1) is 7.17. The Bertz CT molecular complexity index is 206. The Morgan fingerprint density at radius 3 is 2.93 bits per heavy atom. The number of rotatable bonds is 4. The molecule has 88 valence electrons. The molecule has 1 fully saturated rings. The second-order valence-corrected chi connectivity index (χ2v) is 4.76. The van der Waals surface area contributed by atoms with Gasteiger partial charge in [-0.05, 0) is 37.6 Å². The van der Waals surface area contributed by atoms with Crippen molar-refractivity contribution in [2.24, 2.45) is 11.8 Å². The van der Waals surface area contributed by atoms with Gasteiger partial charge in [0.25, 0.3) is 0 Å². The Morgan fingerprint density at radius 2 is 2.33 bits per heavy atom. The molecule has 3 unspecified atom stereocenters. The summed E-state index contributed by atoms with van der Waals surface area (Å²) in [4.78, 5) is 11.5. The van der Waals surface area contributed by atoms with E-state index in [0.717, 1.165) is 24.8 Å². The highest BCUT2D eigenvalue weighted by molar-refractivity contribution is 5.81. The lowest BCUT2D eigenvalue weighted by Crippen LogP contribution is -2.48. The first kappa shape index (κ1) is 12.5. The van der Waals surface area contributed by atoms with E-state index in [4.69, 9.17) is 0 Å². The molecule has 0 aromatic heterocycles. The van der Waals surface area contributed by atoms with Crippen LogP contribution in [0.2, 0.25) is 0 Å². The number of likely N-dealkylation sites (N-methyl/N-ethyl adjacent to an activating group) is 1. The molecular weight excluding hydrogens is 188 g/mol. The summed E-state index contributed by atoms with van der Waals surface area (Å²) in [6, 6.07) is 0.0396. The molecule has 15 heavy (non-hydrogen) atoms. The van der Waals surface area contributed by atoms with E-state index in [-0.39, 0.29) is 11.9 Å². The fourth-order valence-corrected chi connectivity index (χ4v) is 2.32. The Balaban J connectivity index is 2.38. The van der Waals surface area contributed by atoms with Gasteiger partial charge in [-0.15, -0.1) is 0 Å². The van der Waals surface area contributed by atoms with E-state index in [1.54, 1.807) is 7.05 Å². The normalized spacial score (nSPS) is 28.5. The van der Waals surface area contributed by atoms with Gasteiger partial charge in [-0.2, -0.15) is 0 Å². The monoisotopic (exact) mass is 212 g/mol. The summed E-state index contributed by atoms with van der Waals surface area (Å²) in [6.07, 6.45) is 4.74. The van der Waals surface area contributed by atoms with Gasteiger partial charge in [0.15, 0.2) is 0 Å². The molecular formula is C12H24N2O. The van der Waals surface area contributed by atoms with Gasteiger partial charge in [0.05, 0.1) is 6.04 Å². The third-order valence-electron chi connectivity index (χ3n) is 3.51. The van der Waals surface area contributed by atoms with E-state index in [2.05, 4.69) is 24.5 Å². The molecule has 1 aliphatic rings. The number of amides is 1. The summed E-state index contributed by atoms with van der Waals surface area (Å²) in [7, 11) is 1.71. The van der Waals surface area contributed by atoms with Crippen molar-refractivity contribution in [2.75, 3.05) is 13.6 Å². The number of hydrogen-bond acceptors (Lipinski definition) is 2. The molecule has 2 N–H and O–H groups in total. The van der Waals surface area contributed by atoms with E-state index < -0.39 is 0 Å². The molecule has 1 heterocycles. The van der Waals surface area contributed by atoms with Crippen LogP contribution in [-0.2, 0) is 4.79 Å². The maximum atomic E-state index is 11.5. The van der Waals surface area contributed by atoms with Gasteiger partial charge < -0.3 is 10.6 Å². The van der Waals surface area contributed by atoms with Gasteiger partial charge in [-0.3, -0.25) is 4.79 Å². The highest BCUT2D eigenvalue weighted by Gasteiger charge is 2.26. The fraction of sp³-hybridized carbons (Fsp3) is 0.917. The highest BCUT2D eigenvalue weighted by atomic mass is 16.2. The number of piperidine rings is 1. The Hall–Kier alpha value is -0.570. The Kier molecular flexibility index (Phi) is 5.09. The third-order valence-corrected chi connectivity index (χ3v) is 3.51. The molecule has 0 spiro atoms. The summed E-state index contributed by atoms with van der Waals surface area (Å²) in [5.41, 5.74) is 0. The van der Waals surface area contributed by atoms with Crippen molar-refractivity contribution in [1.82, 2.24) is 10.6 Å². The molecule has 1 amide bonds. The first-order valence-electron chi connectivity index (χ1n) is 6.12. The third kappa shape index (κ3) is 3.82. The zero-order chi connectivity index (χ0) is 11.3. The van der Waals surface area contributed by atoms with Crippen LogP contribution in [0.1, 0.15) is 39.5 Å². The average Bonchev–Trinajstić information content (AvgIpc) is 2.28. The SMILES string of the molecule is CCC(C)CC1CCNC(C(=O)NC)C1. The second kappa shape index (κ2) is 6.11. The number of hydrogen-bond donors (Lipinski definition) is 2. The second-order valence-electron chi connectivity index (χ2n) is 4.76. The Morgan fingerprint density at radius 1 is 1.60 bits per heavy atom. The highest BCUT2D eigenvalue weighted by Crippen LogP contribution is 2.25. The van der Waals surface area contributed by atoms with Gasteiger partial charge in [-0.1, -0.05) is 20.3 Å². The van der Waals surface area contributed by atoms with Crippen LogP contribution >= 0.6 is 0 Å². The molecule has 0 aromatic carbocycles. The maximum Gasteiger partial charge on any atom is 0.236 e. The molecule has 0 saturated carbocycles. The number of carbonyl (C=O) groups excluding carboxylic acids is 1. The van der Waals surface area contributed by atoms with Crippen LogP contribution in [0, 0.1) is 11.8 Å². The minimum atomic E-state index is 0.0396. The lowest BCUT2D eigenvalue weighted by Gasteiger charge is -2.30. The largest absolute Gasteiger partial charge is 0.358 e. The van der Waals surface area contributed by atoms with Crippen molar-refractivity contribution >= 4 is 5.91 Å². The lowest BCUT2D eigenvalue weighted by molar-refractivity contribution is -0.123. The van der Waals surface area contributed by atoms with E-state index >= 15 is 0 Å². The van der Waals surface area contributed by atoms with Crippen LogP contribution in [0.4, 0.5) is 0 Å². The van der Waals surface area contributed by atoms with Crippen LogP contribution in [0.5, 0.6) is 0 Å². The fourth-order valence-electron chi connectivity index (χ4n) is 2.32. The molecule has 1 aliphatic heterocycles. The maximum absolute atomic E-state index is 11.5. The van der Waals surface area contributed by atoms with E-state index in [1.807, 2.05) is 0 Å². The van der Waals surface area contributed by atoms with Crippen LogP contribution in [0.25, 0.3) is 0 Å². The summed E-state index contributed by atoms with van der Waals surface area (Å²) < 4.78 is 0. The zero-order valence-corrected chi connectivity index (χ0v) is 10.2. The summed E-state index contributed by atoms with van der Waals surface area (Å²) in [6.45, 7) is 5.53. The van der Waals surface area contributed by atoms with Gasteiger partial charge in [0.2, 0.25) is 5.91 Å². The Labute approximate surface area is 93.0 Å². The first-order valence-corrected chi connectivity index (χ1v) is 6.12. The summed E-state index contributed by atoms with van der Waals surface area (Å²) in [5.74, 6) is 1.66. The van der Waals surface area contributed by atoms with Crippen molar-refractivity contribution in [3.05, 3.63) is 0 Å². The predicted octanol–water partition coefficient (Wildman–Crippen LogP) is 1.54. The molecule has 3 atom stereocenters. The minimum absolute atomic E-state index is 0.0396. The van der Waals surface area contributed by atoms with Crippen molar-refractivity contribution in [1.29, 1.82) is 0 Å². The van der Waals surface area contributed by atoms with Crippen LogP contribution < -0.4 is 10.6 Å². The molecule has 1 rings (SSSR count). The van der Waals surface area contributed by atoms with Gasteiger partial charge >= 0.3 is 0 Å². The van der Waals surface area contributed by atoms with Crippen LogP contribution in [0.15, 0.2) is 0 Å². The van der Waals surface area contributed by atoms with Gasteiger partial charge in [-0.25, -0.2) is 0 Å². The predicted molar refractivity (Wildman–Crippen MR) is 62.7 cm³/mol. The van der Waals surface area contributed by atoms with E-state index in [0.29, 0.717) is 0 Å². The van der Waals surface area contributed by atoms with Gasteiger partial charge in [0, 0.05) is 7.05 Å². The van der Waals surface area contributed by atoms with Gasteiger partial charge in [0.1, 0.15) is 0 Å². The smallest absolute Gasteiger partial charge is 0.236 e. The molecule has 0 radical (unpaired) electrons. The average molecular weight is 212 g/mol. The van der Waals surface area contributed by atoms with Crippen LogP contribution in [-0.4, -0.2) is 25.5 Å². The zero-order valence-electron chi connectivity index (χ0n) is 10.2. The number of nitrogens with one attached hydrogen (secondary N) is 2. The topological polar surface area (TPSA) is 41.1 Å². The van der Waals surface area contributed by atoms with Crippen molar-refractivity contribution in [3.63, 3.8) is 0 Å². The molecule has 0 bridgehead atoms. The quantitative estimate of drug-likeness (QED) is 0.742. The summed E-state index contributed by atoms with van der Waals surface area (Å²) in [5, 5.41) is 6.00. The minimum Gasteiger partial charge on any atom is -0.358 e. The molecule has 0 aliphatic carbocycles. The summed E-state index contributed by atoms with van der Waals surface area (Å²) >= 11 is 0. The molecule has 0 aromatic rings. The lowest BCUT2D eigenvalue weighted by atomic mass is 9.84. The standard InChI is InChI=1S/C12H24N2O/c1-4-9(2)7-10-5-6-14-11(8-10)12(15)13-3/h9-11,14H,4-8H2,1-3H3,(H,13,15). The van der Waals surface area contributed by atoms with E-state index in [1.165, 1.54) is 19.3 Å². The number of carbonyl (C=O) groups is 1. The molecule has 3 nitrogen and oxygen atoms in total. The van der Waals surface area contributed by atoms with E-state index in [9.17, 15) is 4.79 Å². The van der Waals surface area contributed by atoms with Crippen LogP contribution in [0.3, 0.4) is 0 Å². The molecule has 1 saturated heterocycles. The molecule has 3 heteroatoms.